The number of hydrogen-bond donors (Lipinski definition) is 0. The van der Waals surface area contributed by atoms with Crippen molar-refractivity contribution in [1.29, 1.82) is 0 Å². The van der Waals surface area contributed by atoms with Crippen LogP contribution in [0.2, 0.25) is 0 Å². The topological polar surface area (TPSA) is 65.1 Å². The van der Waals surface area contributed by atoms with Crippen molar-refractivity contribution in [3.63, 3.8) is 0 Å². The number of rotatable bonds is 2. The van der Waals surface area contributed by atoms with Gasteiger partial charge in [-0.25, -0.2) is 9.97 Å². The Bertz CT molecular complexity index is 1050. The van der Waals surface area contributed by atoms with Gasteiger partial charge in [0.25, 0.3) is 5.56 Å². The molecule has 4 aromatic rings. The van der Waals surface area contributed by atoms with E-state index in [-0.39, 0.29) is 5.56 Å². The van der Waals surface area contributed by atoms with Crippen LogP contribution in [-0.4, -0.2) is 23.9 Å². The molecule has 6 nitrogen and oxygen atoms in total. The van der Waals surface area contributed by atoms with Crippen molar-refractivity contribution in [2.75, 3.05) is 0 Å². The van der Waals surface area contributed by atoms with Gasteiger partial charge in [-0.1, -0.05) is 0 Å². The SMILES string of the molecule is Cc1ccn2cc(Cn3cnc4ccncc4c3=O)nc2c1. The second kappa shape index (κ2) is 4.77. The number of aryl methyl sites for hydroxylation is 1. The third-order valence-electron chi connectivity index (χ3n) is 3.62. The van der Waals surface area contributed by atoms with Crippen LogP contribution in [0.3, 0.4) is 0 Å². The first-order valence-electron chi connectivity index (χ1n) is 6.94. The lowest BCUT2D eigenvalue weighted by Crippen LogP contribution is -2.21. The second-order valence-corrected chi connectivity index (χ2v) is 5.27. The average Bonchev–Trinajstić information content (AvgIpc) is 2.92. The van der Waals surface area contributed by atoms with Gasteiger partial charge < -0.3 is 4.40 Å². The van der Waals surface area contributed by atoms with Crippen LogP contribution in [0.25, 0.3) is 16.6 Å². The van der Waals surface area contributed by atoms with Crippen LogP contribution in [0.5, 0.6) is 0 Å². The molecule has 0 aliphatic rings. The maximum atomic E-state index is 12.5. The maximum Gasteiger partial charge on any atom is 0.263 e. The van der Waals surface area contributed by atoms with Gasteiger partial charge in [0, 0.05) is 24.8 Å². The third-order valence-corrected chi connectivity index (χ3v) is 3.62. The van der Waals surface area contributed by atoms with Gasteiger partial charge in [-0.2, -0.15) is 0 Å². The molecular weight excluding hydrogens is 278 g/mol. The van der Waals surface area contributed by atoms with Crippen molar-refractivity contribution in [1.82, 2.24) is 23.9 Å². The first kappa shape index (κ1) is 12.7. The smallest absolute Gasteiger partial charge is 0.263 e. The minimum absolute atomic E-state index is 0.105. The van der Waals surface area contributed by atoms with Gasteiger partial charge in [0.2, 0.25) is 0 Å². The Balaban J connectivity index is 1.78. The maximum absolute atomic E-state index is 12.5. The number of pyridine rings is 2. The lowest BCUT2D eigenvalue weighted by molar-refractivity contribution is 0.734. The number of imidazole rings is 1. The Morgan fingerprint density at radius 2 is 2.18 bits per heavy atom. The molecule has 0 atom stereocenters. The van der Waals surface area contributed by atoms with Crippen molar-refractivity contribution in [2.45, 2.75) is 13.5 Å². The first-order chi connectivity index (χ1) is 10.7. The third kappa shape index (κ3) is 2.05. The van der Waals surface area contributed by atoms with Crippen LogP contribution in [-0.2, 0) is 6.54 Å². The van der Waals surface area contributed by atoms with E-state index in [0.717, 1.165) is 16.9 Å². The minimum atomic E-state index is -0.105. The van der Waals surface area contributed by atoms with Crippen molar-refractivity contribution in [3.05, 3.63) is 70.9 Å². The Morgan fingerprint density at radius 1 is 1.27 bits per heavy atom. The van der Waals surface area contributed by atoms with E-state index in [0.29, 0.717) is 17.4 Å². The highest BCUT2D eigenvalue weighted by molar-refractivity contribution is 5.75. The molecule has 0 amide bonds. The highest BCUT2D eigenvalue weighted by atomic mass is 16.1. The van der Waals surface area contributed by atoms with E-state index in [9.17, 15) is 4.79 Å². The van der Waals surface area contributed by atoms with E-state index in [1.165, 1.54) is 0 Å². The van der Waals surface area contributed by atoms with Crippen molar-refractivity contribution >= 4 is 16.6 Å². The number of aromatic nitrogens is 5. The predicted molar refractivity (Wildman–Crippen MR) is 82.8 cm³/mol. The molecule has 22 heavy (non-hydrogen) atoms. The van der Waals surface area contributed by atoms with Gasteiger partial charge in [0.15, 0.2) is 0 Å². The summed E-state index contributed by atoms with van der Waals surface area (Å²) in [5, 5.41) is 0.518. The van der Waals surface area contributed by atoms with Crippen LogP contribution in [0.4, 0.5) is 0 Å². The van der Waals surface area contributed by atoms with Gasteiger partial charge in [0.1, 0.15) is 5.65 Å². The van der Waals surface area contributed by atoms with Gasteiger partial charge in [-0.15, -0.1) is 0 Å². The summed E-state index contributed by atoms with van der Waals surface area (Å²) in [5.74, 6) is 0. The zero-order valence-electron chi connectivity index (χ0n) is 12.0. The normalized spacial score (nSPS) is 11.3. The standard InChI is InChI=1S/C16H13N5O/c1-11-3-5-20-8-12(19-15(20)6-11)9-21-10-18-14-2-4-17-7-13(14)16(21)22/h2-8,10H,9H2,1H3. The summed E-state index contributed by atoms with van der Waals surface area (Å²) in [6.07, 6.45) is 8.62. The molecule has 0 spiro atoms. The van der Waals surface area contributed by atoms with Crippen molar-refractivity contribution in [3.8, 4) is 0 Å². The zero-order chi connectivity index (χ0) is 15.1. The summed E-state index contributed by atoms with van der Waals surface area (Å²) in [4.78, 5) is 25.3. The summed E-state index contributed by atoms with van der Waals surface area (Å²) in [6.45, 7) is 2.41. The molecule has 6 heteroatoms. The molecule has 4 rings (SSSR count). The fourth-order valence-electron chi connectivity index (χ4n) is 2.50. The van der Waals surface area contributed by atoms with E-state index in [1.54, 1.807) is 29.4 Å². The highest BCUT2D eigenvalue weighted by Gasteiger charge is 2.07. The van der Waals surface area contributed by atoms with Gasteiger partial charge >= 0.3 is 0 Å². The number of fused-ring (bicyclic) bond motifs is 2. The van der Waals surface area contributed by atoms with E-state index in [2.05, 4.69) is 15.0 Å². The second-order valence-electron chi connectivity index (χ2n) is 5.27. The van der Waals surface area contributed by atoms with Crippen LogP contribution < -0.4 is 5.56 Å². The summed E-state index contributed by atoms with van der Waals surface area (Å²) in [6, 6.07) is 5.76. The summed E-state index contributed by atoms with van der Waals surface area (Å²) >= 11 is 0. The molecule has 0 aliphatic heterocycles. The molecule has 4 aromatic heterocycles. The monoisotopic (exact) mass is 291 g/mol. The number of hydrogen-bond acceptors (Lipinski definition) is 4. The summed E-state index contributed by atoms with van der Waals surface area (Å²) < 4.78 is 3.50. The molecule has 4 heterocycles. The molecule has 0 saturated carbocycles. The molecule has 0 radical (unpaired) electrons. The molecule has 0 N–H and O–H groups in total. The van der Waals surface area contributed by atoms with Gasteiger partial charge in [-0.05, 0) is 30.7 Å². The Hall–Kier alpha value is -3.02. The van der Waals surface area contributed by atoms with E-state index >= 15 is 0 Å². The molecule has 0 saturated heterocycles. The first-order valence-corrected chi connectivity index (χ1v) is 6.94. The highest BCUT2D eigenvalue weighted by Crippen LogP contribution is 2.09. The van der Waals surface area contributed by atoms with E-state index in [1.807, 2.05) is 35.9 Å². The van der Waals surface area contributed by atoms with Crippen LogP contribution in [0.15, 0.2) is 54.1 Å². The lowest BCUT2D eigenvalue weighted by Gasteiger charge is -2.03. The molecule has 0 aromatic carbocycles. The molecule has 0 fully saturated rings. The fourth-order valence-corrected chi connectivity index (χ4v) is 2.50. The average molecular weight is 291 g/mol. The van der Waals surface area contributed by atoms with E-state index in [4.69, 9.17) is 0 Å². The lowest BCUT2D eigenvalue weighted by atomic mass is 10.3. The molecule has 0 aliphatic carbocycles. The predicted octanol–water partition coefficient (Wildman–Crippen LogP) is 1.80. The van der Waals surface area contributed by atoms with Gasteiger partial charge in [-0.3, -0.25) is 14.3 Å². The van der Waals surface area contributed by atoms with Gasteiger partial charge in [0.05, 0.1) is 29.5 Å². The zero-order valence-corrected chi connectivity index (χ0v) is 12.0. The minimum Gasteiger partial charge on any atom is -0.307 e. The van der Waals surface area contributed by atoms with Crippen molar-refractivity contribution < 1.29 is 0 Å². The Morgan fingerprint density at radius 3 is 3.09 bits per heavy atom. The van der Waals surface area contributed by atoms with E-state index < -0.39 is 0 Å². The number of nitrogens with zero attached hydrogens (tertiary/aromatic N) is 5. The Kier molecular flexibility index (Phi) is 2.75. The van der Waals surface area contributed by atoms with Crippen LogP contribution in [0, 0.1) is 6.92 Å². The molecule has 0 bridgehead atoms. The summed E-state index contributed by atoms with van der Waals surface area (Å²) in [7, 11) is 0. The quantitative estimate of drug-likeness (QED) is 0.565. The van der Waals surface area contributed by atoms with Crippen LogP contribution >= 0.6 is 0 Å². The van der Waals surface area contributed by atoms with Crippen molar-refractivity contribution in [2.24, 2.45) is 0 Å². The fraction of sp³-hybridized carbons (Fsp3) is 0.125. The Labute approximate surface area is 125 Å². The van der Waals surface area contributed by atoms with Crippen LogP contribution in [0.1, 0.15) is 11.3 Å². The largest absolute Gasteiger partial charge is 0.307 e. The molecule has 0 unspecified atom stereocenters. The molecular formula is C16H13N5O. The summed E-state index contributed by atoms with van der Waals surface area (Å²) in [5.41, 5.74) is 3.39. The molecule has 108 valence electrons.